The lowest BCUT2D eigenvalue weighted by Gasteiger charge is -2.04. The monoisotopic (exact) mass is 278 g/mol. The van der Waals surface area contributed by atoms with E-state index in [0.717, 1.165) is 12.1 Å². The zero-order chi connectivity index (χ0) is 14.9. The molecular weight excluding hydrogens is 266 g/mol. The molecule has 104 valence electrons. The quantitative estimate of drug-likeness (QED) is 0.637. The molecule has 0 spiro atoms. The molecule has 1 aromatic heterocycles. The van der Waals surface area contributed by atoms with Crippen molar-refractivity contribution in [1.29, 1.82) is 0 Å². The first kappa shape index (κ1) is 14.0. The van der Waals surface area contributed by atoms with E-state index in [1.54, 1.807) is 13.2 Å². The van der Waals surface area contributed by atoms with Crippen LogP contribution in [-0.4, -0.2) is 21.3 Å². The van der Waals surface area contributed by atoms with E-state index >= 15 is 0 Å². The summed E-state index contributed by atoms with van der Waals surface area (Å²) in [5, 5.41) is 3.86. The van der Waals surface area contributed by atoms with Crippen molar-refractivity contribution in [3.8, 4) is 0 Å². The molecule has 6 heteroatoms. The van der Waals surface area contributed by atoms with Gasteiger partial charge in [0.15, 0.2) is 11.6 Å². The van der Waals surface area contributed by atoms with Crippen LogP contribution >= 0.6 is 0 Å². The Bertz CT molecular complexity index is 692. The number of benzene rings is 1. The lowest BCUT2D eigenvalue weighted by atomic mass is 10.0. The third-order valence-electron chi connectivity index (χ3n) is 2.87. The second-order valence-corrected chi connectivity index (χ2v) is 4.48. The van der Waals surface area contributed by atoms with E-state index in [-0.39, 0.29) is 11.3 Å². The number of halogens is 2. The van der Waals surface area contributed by atoms with Gasteiger partial charge in [0.1, 0.15) is 17.3 Å². The summed E-state index contributed by atoms with van der Waals surface area (Å²) in [6, 6.07) is 3.22. The Morgan fingerprint density at radius 2 is 1.90 bits per heavy atom. The van der Waals surface area contributed by atoms with Gasteiger partial charge >= 0.3 is 0 Å². The number of aryl methyl sites for hydroxylation is 2. The van der Waals surface area contributed by atoms with Crippen molar-refractivity contribution in [3.05, 3.63) is 52.9 Å². The van der Waals surface area contributed by atoms with E-state index < -0.39 is 35.2 Å². The molecule has 0 fully saturated rings. The number of carbonyl (C=O) groups excluding carboxylic acids is 2. The minimum Gasteiger partial charge on any atom is -0.294 e. The van der Waals surface area contributed by atoms with E-state index in [0.29, 0.717) is 0 Å². The van der Waals surface area contributed by atoms with E-state index in [4.69, 9.17) is 0 Å². The van der Waals surface area contributed by atoms with Gasteiger partial charge in [0.25, 0.3) is 0 Å². The van der Waals surface area contributed by atoms with Crippen molar-refractivity contribution in [2.75, 3.05) is 0 Å². The summed E-state index contributed by atoms with van der Waals surface area (Å²) in [6.45, 7) is 1.39. The van der Waals surface area contributed by atoms with Crippen molar-refractivity contribution in [2.45, 2.75) is 13.3 Å². The van der Waals surface area contributed by atoms with Gasteiger partial charge in [0.05, 0.1) is 12.0 Å². The molecule has 0 atom stereocenters. The maximum Gasteiger partial charge on any atom is 0.190 e. The van der Waals surface area contributed by atoms with Crippen molar-refractivity contribution in [2.24, 2.45) is 7.05 Å². The molecule has 0 aliphatic heterocycles. The minimum atomic E-state index is -0.831. The van der Waals surface area contributed by atoms with E-state index in [1.807, 2.05) is 0 Å². The Hall–Kier alpha value is -2.37. The van der Waals surface area contributed by atoms with Crippen LogP contribution in [0.3, 0.4) is 0 Å². The number of Topliss-reactive ketones (excluding diaryl/α,β-unsaturated/α-hetero) is 2. The zero-order valence-corrected chi connectivity index (χ0v) is 11.0. The Morgan fingerprint density at radius 3 is 2.50 bits per heavy atom. The SMILES string of the molecule is Cc1cc(F)c(C(=O)CC(=O)c2ccn(C)n2)cc1F. The van der Waals surface area contributed by atoms with E-state index in [1.165, 1.54) is 17.7 Å². The average molecular weight is 278 g/mol. The zero-order valence-electron chi connectivity index (χ0n) is 11.0. The van der Waals surface area contributed by atoms with Gasteiger partial charge in [-0.15, -0.1) is 0 Å². The van der Waals surface area contributed by atoms with E-state index in [9.17, 15) is 18.4 Å². The first-order valence-corrected chi connectivity index (χ1v) is 5.90. The average Bonchev–Trinajstić information content (AvgIpc) is 2.80. The first-order chi connectivity index (χ1) is 9.38. The molecule has 0 aliphatic rings. The molecule has 4 nitrogen and oxygen atoms in total. The molecule has 0 saturated heterocycles. The van der Waals surface area contributed by atoms with Crippen LogP contribution in [0.25, 0.3) is 0 Å². The highest BCUT2D eigenvalue weighted by Crippen LogP contribution is 2.16. The molecular formula is C14H12F2N2O2. The smallest absolute Gasteiger partial charge is 0.190 e. The normalized spacial score (nSPS) is 10.6. The third-order valence-corrected chi connectivity index (χ3v) is 2.87. The number of hydrogen-bond acceptors (Lipinski definition) is 3. The van der Waals surface area contributed by atoms with E-state index in [2.05, 4.69) is 5.10 Å². The molecule has 0 N–H and O–H groups in total. The van der Waals surface area contributed by atoms with Crippen molar-refractivity contribution in [3.63, 3.8) is 0 Å². The fourth-order valence-corrected chi connectivity index (χ4v) is 1.76. The number of hydrogen-bond donors (Lipinski definition) is 0. The molecule has 0 saturated carbocycles. The second-order valence-electron chi connectivity index (χ2n) is 4.48. The van der Waals surface area contributed by atoms with Gasteiger partial charge in [-0.1, -0.05) is 0 Å². The lowest BCUT2D eigenvalue weighted by molar-refractivity contribution is 0.0888. The van der Waals surface area contributed by atoms with Crippen LogP contribution < -0.4 is 0 Å². The fourth-order valence-electron chi connectivity index (χ4n) is 1.76. The van der Waals surface area contributed by atoms with Crippen LogP contribution in [0.1, 0.15) is 32.8 Å². The van der Waals surface area contributed by atoms with Gasteiger partial charge < -0.3 is 0 Å². The summed E-state index contributed by atoms with van der Waals surface area (Å²) >= 11 is 0. The van der Waals surface area contributed by atoms with Gasteiger partial charge in [-0.3, -0.25) is 14.3 Å². The summed E-state index contributed by atoms with van der Waals surface area (Å²) in [5.74, 6) is -2.81. The van der Waals surface area contributed by atoms with Crippen molar-refractivity contribution < 1.29 is 18.4 Å². The van der Waals surface area contributed by atoms with Gasteiger partial charge in [-0.05, 0) is 30.7 Å². The van der Waals surface area contributed by atoms with Crippen LogP contribution in [0.5, 0.6) is 0 Å². The number of aromatic nitrogens is 2. The summed E-state index contributed by atoms with van der Waals surface area (Å²) in [7, 11) is 1.63. The maximum atomic E-state index is 13.6. The topological polar surface area (TPSA) is 52.0 Å². The lowest BCUT2D eigenvalue weighted by Crippen LogP contribution is -2.12. The Kier molecular flexibility index (Phi) is 3.74. The van der Waals surface area contributed by atoms with Gasteiger partial charge in [0, 0.05) is 13.2 Å². The summed E-state index contributed by atoms with van der Waals surface area (Å²) in [5.41, 5.74) is -0.193. The van der Waals surface area contributed by atoms with Crippen LogP contribution in [0.4, 0.5) is 8.78 Å². The van der Waals surface area contributed by atoms with Crippen molar-refractivity contribution in [1.82, 2.24) is 9.78 Å². The maximum absolute atomic E-state index is 13.6. The minimum absolute atomic E-state index is 0.107. The molecule has 0 amide bonds. The Labute approximate surface area is 114 Å². The summed E-state index contributed by atoms with van der Waals surface area (Å²) < 4.78 is 28.4. The van der Waals surface area contributed by atoms with Crippen LogP contribution in [-0.2, 0) is 7.05 Å². The van der Waals surface area contributed by atoms with Crippen LogP contribution in [0, 0.1) is 18.6 Å². The van der Waals surface area contributed by atoms with Gasteiger partial charge in [-0.2, -0.15) is 5.10 Å². The predicted molar refractivity (Wildman–Crippen MR) is 67.6 cm³/mol. The number of ketones is 2. The number of nitrogens with zero attached hydrogens (tertiary/aromatic N) is 2. The second kappa shape index (κ2) is 5.32. The predicted octanol–water partition coefficient (Wildman–Crippen LogP) is 2.46. The van der Waals surface area contributed by atoms with Crippen molar-refractivity contribution >= 4 is 11.6 Å². The highest BCUT2D eigenvalue weighted by molar-refractivity contribution is 6.12. The van der Waals surface area contributed by atoms with Gasteiger partial charge in [-0.25, -0.2) is 8.78 Å². The molecule has 0 aliphatic carbocycles. The highest BCUT2D eigenvalue weighted by Gasteiger charge is 2.19. The molecule has 2 aromatic rings. The van der Waals surface area contributed by atoms with Gasteiger partial charge in [0.2, 0.25) is 0 Å². The third kappa shape index (κ3) is 2.79. The molecule has 2 rings (SSSR count). The summed E-state index contributed by atoms with van der Waals surface area (Å²) in [6.07, 6.45) is 1.01. The molecule has 0 unspecified atom stereocenters. The largest absolute Gasteiger partial charge is 0.294 e. The molecule has 1 heterocycles. The van der Waals surface area contributed by atoms with Crippen LogP contribution in [0.2, 0.25) is 0 Å². The molecule has 1 aromatic carbocycles. The summed E-state index contributed by atoms with van der Waals surface area (Å²) in [4.78, 5) is 23.6. The first-order valence-electron chi connectivity index (χ1n) is 5.90. The standard InChI is InChI=1S/C14H12F2N2O2/c1-8-5-11(16)9(6-10(8)15)13(19)7-14(20)12-3-4-18(2)17-12/h3-6H,7H2,1-2H3. The Balaban J connectivity index is 2.20. The Morgan fingerprint density at radius 1 is 1.20 bits per heavy atom. The molecule has 20 heavy (non-hydrogen) atoms. The highest BCUT2D eigenvalue weighted by atomic mass is 19.1. The fraction of sp³-hybridized carbons (Fsp3) is 0.214. The number of carbonyl (C=O) groups is 2. The van der Waals surface area contributed by atoms with Crippen LogP contribution in [0.15, 0.2) is 24.4 Å². The number of rotatable bonds is 4. The molecule has 0 bridgehead atoms. The molecule has 0 radical (unpaired) electrons.